The Kier molecular flexibility index (Phi) is 13.4. The van der Waals surface area contributed by atoms with Crippen LogP contribution >= 0.6 is 0 Å². The van der Waals surface area contributed by atoms with E-state index in [9.17, 15) is 0 Å². The monoisotopic (exact) mass is 237 g/mol. The van der Waals surface area contributed by atoms with Crippen LogP contribution in [0.4, 0.5) is 0 Å². The lowest BCUT2D eigenvalue weighted by Crippen LogP contribution is -1.88. The molecular formula is C14H27N3. The zero-order chi connectivity index (χ0) is 13.7. The predicted octanol–water partition coefficient (Wildman–Crippen LogP) is 4.44. The molecule has 0 amide bonds. The van der Waals surface area contributed by atoms with E-state index in [1.165, 1.54) is 6.42 Å². The molecule has 0 saturated carbocycles. The molecule has 0 aliphatic heterocycles. The van der Waals surface area contributed by atoms with E-state index in [2.05, 4.69) is 24.2 Å². The first-order valence-electron chi connectivity index (χ1n) is 6.54. The summed E-state index contributed by atoms with van der Waals surface area (Å²) in [5.41, 5.74) is 2.02. The highest BCUT2D eigenvalue weighted by Gasteiger charge is 1.95. The number of rotatable bonds is 0. The van der Waals surface area contributed by atoms with E-state index >= 15 is 0 Å². The molecule has 3 nitrogen and oxygen atoms in total. The summed E-state index contributed by atoms with van der Waals surface area (Å²) < 4.78 is 1.76. The van der Waals surface area contributed by atoms with E-state index in [4.69, 9.17) is 0 Å². The van der Waals surface area contributed by atoms with Crippen LogP contribution in [0.15, 0.2) is 24.3 Å². The lowest BCUT2D eigenvalue weighted by molar-refractivity contribution is 0.736. The van der Waals surface area contributed by atoms with Crippen molar-refractivity contribution in [1.82, 2.24) is 15.0 Å². The fourth-order valence-electron chi connectivity index (χ4n) is 0.986. The molecule has 0 atom stereocenters. The molecule has 0 aliphatic carbocycles. The maximum Gasteiger partial charge on any atom is 0.113 e. The second kappa shape index (κ2) is 12.7. The van der Waals surface area contributed by atoms with E-state index < -0.39 is 0 Å². The Morgan fingerprint density at radius 1 is 1.00 bits per heavy atom. The number of para-hydroxylation sites is 1. The van der Waals surface area contributed by atoms with Crippen LogP contribution in [0.1, 0.15) is 48.0 Å². The molecule has 2 rings (SSSR count). The minimum Gasteiger partial charge on any atom is -0.248 e. The summed E-state index contributed by atoms with van der Waals surface area (Å²) in [5, 5.41) is 7.79. The van der Waals surface area contributed by atoms with E-state index in [1.807, 2.05) is 59.0 Å². The third-order valence-electron chi connectivity index (χ3n) is 1.52. The van der Waals surface area contributed by atoms with Crippen molar-refractivity contribution in [2.45, 2.75) is 48.0 Å². The van der Waals surface area contributed by atoms with Gasteiger partial charge in [0.2, 0.25) is 0 Å². The van der Waals surface area contributed by atoms with E-state index in [1.54, 1.807) is 4.68 Å². The average Bonchev–Trinajstić information content (AvgIpc) is 2.78. The first kappa shape index (κ1) is 18.0. The zero-order valence-electron chi connectivity index (χ0n) is 12.4. The molecule has 0 spiro atoms. The van der Waals surface area contributed by atoms with Crippen LogP contribution in [-0.2, 0) is 7.05 Å². The van der Waals surface area contributed by atoms with Crippen molar-refractivity contribution in [1.29, 1.82) is 0 Å². The van der Waals surface area contributed by atoms with Crippen LogP contribution in [0, 0.1) is 0 Å². The summed E-state index contributed by atoms with van der Waals surface area (Å²) in [4.78, 5) is 0. The van der Waals surface area contributed by atoms with Crippen molar-refractivity contribution in [2.75, 3.05) is 0 Å². The van der Waals surface area contributed by atoms with Crippen LogP contribution in [-0.4, -0.2) is 15.0 Å². The molecule has 0 N–H and O–H groups in total. The highest BCUT2D eigenvalue weighted by atomic mass is 15.4. The molecular weight excluding hydrogens is 210 g/mol. The molecule has 0 unspecified atom stereocenters. The summed E-state index contributed by atoms with van der Waals surface area (Å²) in [6.07, 6.45) is 1.25. The van der Waals surface area contributed by atoms with Crippen molar-refractivity contribution in [2.24, 2.45) is 7.05 Å². The Bertz CT molecular complexity index is 366. The Morgan fingerprint density at radius 3 is 1.94 bits per heavy atom. The lowest BCUT2D eigenvalue weighted by atomic mass is 10.3. The second-order valence-corrected chi connectivity index (χ2v) is 2.91. The standard InChI is InChI=1S/C7H7N3.C3H8.2C2H6/c1-10-7-5-3-2-4-6(7)8-9-10;1-3-2;2*1-2/h2-5H,1H3;3H2,1-2H3;2*1-2H3. The van der Waals surface area contributed by atoms with Crippen LogP contribution in [0.5, 0.6) is 0 Å². The van der Waals surface area contributed by atoms with E-state index in [0.717, 1.165) is 11.0 Å². The number of aromatic nitrogens is 3. The Balaban J connectivity index is 0. The number of hydrogen-bond acceptors (Lipinski definition) is 2. The first-order chi connectivity index (χ1) is 8.29. The average molecular weight is 237 g/mol. The molecule has 0 saturated heterocycles. The summed E-state index contributed by atoms with van der Waals surface area (Å²) >= 11 is 0. The molecule has 1 aromatic carbocycles. The van der Waals surface area contributed by atoms with Crippen molar-refractivity contribution in [3.8, 4) is 0 Å². The van der Waals surface area contributed by atoms with Crippen molar-refractivity contribution in [3.05, 3.63) is 24.3 Å². The molecule has 3 heteroatoms. The normalized spacial score (nSPS) is 7.94. The first-order valence-corrected chi connectivity index (χ1v) is 6.54. The van der Waals surface area contributed by atoms with Gasteiger partial charge in [-0.3, -0.25) is 0 Å². The molecule has 0 aliphatic rings. The second-order valence-electron chi connectivity index (χ2n) is 2.91. The maximum atomic E-state index is 3.93. The molecule has 2 aromatic rings. The Hall–Kier alpha value is -1.38. The van der Waals surface area contributed by atoms with Gasteiger partial charge in [-0.25, -0.2) is 4.68 Å². The largest absolute Gasteiger partial charge is 0.248 e. The summed E-state index contributed by atoms with van der Waals surface area (Å²) in [6.45, 7) is 12.2. The fourth-order valence-corrected chi connectivity index (χ4v) is 0.986. The molecule has 0 radical (unpaired) electrons. The zero-order valence-corrected chi connectivity index (χ0v) is 12.4. The summed E-state index contributed by atoms with van der Waals surface area (Å²) in [7, 11) is 1.88. The lowest BCUT2D eigenvalue weighted by Gasteiger charge is -1.87. The smallest absolute Gasteiger partial charge is 0.113 e. The van der Waals surface area contributed by atoms with Crippen molar-refractivity contribution >= 4 is 11.0 Å². The highest BCUT2D eigenvalue weighted by Crippen LogP contribution is 2.06. The maximum absolute atomic E-state index is 3.93. The van der Waals surface area contributed by atoms with Gasteiger partial charge >= 0.3 is 0 Å². The van der Waals surface area contributed by atoms with Gasteiger partial charge in [0.05, 0.1) is 5.52 Å². The number of benzene rings is 1. The highest BCUT2D eigenvalue weighted by molar-refractivity contribution is 5.73. The Morgan fingerprint density at radius 2 is 1.47 bits per heavy atom. The third kappa shape index (κ3) is 6.72. The number of aryl methyl sites for hydroxylation is 1. The predicted molar refractivity (Wildman–Crippen MR) is 77.2 cm³/mol. The fraction of sp³-hybridized carbons (Fsp3) is 0.571. The van der Waals surface area contributed by atoms with E-state index in [0.29, 0.717) is 0 Å². The van der Waals surface area contributed by atoms with Crippen LogP contribution < -0.4 is 0 Å². The summed E-state index contributed by atoms with van der Waals surface area (Å²) in [5.74, 6) is 0. The minimum atomic E-state index is 0.949. The Labute approximate surface area is 106 Å². The SMILES string of the molecule is CC.CC.CCC.Cn1nnc2ccccc21. The van der Waals surface area contributed by atoms with Gasteiger partial charge in [0.25, 0.3) is 0 Å². The van der Waals surface area contributed by atoms with Gasteiger partial charge in [-0.15, -0.1) is 5.10 Å². The third-order valence-corrected chi connectivity index (χ3v) is 1.52. The van der Waals surface area contributed by atoms with Gasteiger partial charge in [0.1, 0.15) is 5.52 Å². The molecule has 1 heterocycles. The molecule has 0 fully saturated rings. The minimum absolute atomic E-state index is 0.949. The van der Waals surface area contributed by atoms with Gasteiger partial charge in [-0.1, -0.05) is 65.3 Å². The molecule has 17 heavy (non-hydrogen) atoms. The summed E-state index contributed by atoms with van der Waals surface area (Å²) in [6, 6.07) is 7.88. The van der Waals surface area contributed by atoms with Gasteiger partial charge in [0.15, 0.2) is 0 Å². The quantitative estimate of drug-likeness (QED) is 0.678. The molecule has 1 aromatic heterocycles. The van der Waals surface area contributed by atoms with Gasteiger partial charge in [-0.2, -0.15) is 0 Å². The van der Waals surface area contributed by atoms with Crippen LogP contribution in [0.3, 0.4) is 0 Å². The molecule has 98 valence electrons. The van der Waals surface area contributed by atoms with Crippen molar-refractivity contribution in [3.63, 3.8) is 0 Å². The van der Waals surface area contributed by atoms with E-state index in [-0.39, 0.29) is 0 Å². The van der Waals surface area contributed by atoms with Crippen LogP contribution in [0.2, 0.25) is 0 Å². The van der Waals surface area contributed by atoms with Gasteiger partial charge < -0.3 is 0 Å². The van der Waals surface area contributed by atoms with Gasteiger partial charge in [-0.05, 0) is 12.1 Å². The number of hydrogen-bond donors (Lipinski definition) is 0. The van der Waals surface area contributed by atoms with Crippen molar-refractivity contribution < 1.29 is 0 Å². The van der Waals surface area contributed by atoms with Crippen LogP contribution in [0.25, 0.3) is 11.0 Å². The van der Waals surface area contributed by atoms with Gasteiger partial charge in [0, 0.05) is 7.05 Å². The topological polar surface area (TPSA) is 30.7 Å². The molecule has 0 bridgehead atoms. The number of fused-ring (bicyclic) bond motifs is 1. The number of nitrogens with zero attached hydrogens (tertiary/aromatic N) is 3.